The first-order chi connectivity index (χ1) is 7.54. The van der Waals surface area contributed by atoms with Crippen molar-refractivity contribution >= 4 is 34.2 Å². The van der Waals surface area contributed by atoms with Gasteiger partial charge >= 0.3 is 0 Å². The SMILES string of the molecule is CCCCC(=O)Nc1c(F)cc(F)cc1I. The van der Waals surface area contributed by atoms with Crippen molar-refractivity contribution < 1.29 is 13.6 Å². The highest BCUT2D eigenvalue weighted by atomic mass is 127. The molecule has 1 aromatic rings. The Bertz CT molecular complexity index is 373. The number of nitrogens with one attached hydrogen (secondary N) is 1. The third-order valence-corrected chi connectivity index (χ3v) is 2.88. The summed E-state index contributed by atoms with van der Waals surface area (Å²) < 4.78 is 26.5. The Morgan fingerprint density at radius 2 is 2.12 bits per heavy atom. The maximum atomic E-state index is 13.3. The van der Waals surface area contributed by atoms with Gasteiger partial charge in [0.25, 0.3) is 0 Å². The summed E-state index contributed by atoms with van der Waals surface area (Å²) in [4.78, 5) is 11.4. The van der Waals surface area contributed by atoms with Gasteiger partial charge in [-0.2, -0.15) is 0 Å². The molecule has 1 amide bonds. The molecular formula is C11H12F2INO. The summed E-state index contributed by atoms with van der Waals surface area (Å²) in [6.07, 6.45) is 2.00. The molecule has 0 fully saturated rings. The van der Waals surface area contributed by atoms with Crippen molar-refractivity contribution in [1.82, 2.24) is 0 Å². The van der Waals surface area contributed by atoms with Crippen molar-refractivity contribution in [1.29, 1.82) is 0 Å². The van der Waals surface area contributed by atoms with Crippen LogP contribution in [0.5, 0.6) is 0 Å². The number of amides is 1. The second-order valence-corrected chi connectivity index (χ2v) is 4.56. The minimum atomic E-state index is -0.741. The number of benzene rings is 1. The van der Waals surface area contributed by atoms with Gasteiger partial charge < -0.3 is 5.32 Å². The van der Waals surface area contributed by atoms with Gasteiger partial charge in [0.05, 0.1) is 5.69 Å². The van der Waals surface area contributed by atoms with Gasteiger partial charge in [0.1, 0.15) is 5.82 Å². The Labute approximate surface area is 107 Å². The molecule has 0 unspecified atom stereocenters. The van der Waals surface area contributed by atoms with Gasteiger partial charge in [-0.3, -0.25) is 4.79 Å². The Kier molecular flexibility index (Phi) is 5.11. The maximum absolute atomic E-state index is 13.3. The normalized spacial score (nSPS) is 10.2. The Hall–Kier alpha value is -0.720. The lowest BCUT2D eigenvalue weighted by Gasteiger charge is -2.08. The van der Waals surface area contributed by atoms with Crippen LogP contribution in [0.2, 0.25) is 0 Å². The molecule has 0 aliphatic heterocycles. The predicted molar refractivity (Wildman–Crippen MR) is 67.2 cm³/mol. The molecule has 16 heavy (non-hydrogen) atoms. The van der Waals surface area contributed by atoms with E-state index in [1.54, 1.807) is 22.6 Å². The third kappa shape index (κ3) is 3.70. The second kappa shape index (κ2) is 6.12. The van der Waals surface area contributed by atoms with Gasteiger partial charge in [0, 0.05) is 16.1 Å². The van der Waals surface area contributed by atoms with Crippen molar-refractivity contribution in [3.05, 3.63) is 27.3 Å². The van der Waals surface area contributed by atoms with Crippen LogP contribution < -0.4 is 5.32 Å². The fraction of sp³-hybridized carbons (Fsp3) is 0.364. The Morgan fingerprint density at radius 3 is 2.69 bits per heavy atom. The molecule has 5 heteroatoms. The van der Waals surface area contributed by atoms with Crippen molar-refractivity contribution in [2.45, 2.75) is 26.2 Å². The number of unbranched alkanes of at least 4 members (excludes halogenated alkanes) is 1. The standard InChI is InChI=1S/C11H12F2INO/c1-2-3-4-10(16)15-11-8(13)5-7(12)6-9(11)14/h5-6H,2-4H2,1H3,(H,15,16). The number of rotatable bonds is 4. The fourth-order valence-electron chi connectivity index (χ4n) is 1.20. The highest BCUT2D eigenvalue weighted by molar-refractivity contribution is 14.1. The number of hydrogen-bond donors (Lipinski definition) is 1. The zero-order valence-electron chi connectivity index (χ0n) is 8.82. The highest BCUT2D eigenvalue weighted by Gasteiger charge is 2.12. The average Bonchev–Trinajstić information content (AvgIpc) is 2.20. The van der Waals surface area contributed by atoms with Crippen LogP contribution in [-0.2, 0) is 4.79 Å². The smallest absolute Gasteiger partial charge is 0.224 e. The van der Waals surface area contributed by atoms with Gasteiger partial charge in [-0.1, -0.05) is 13.3 Å². The van der Waals surface area contributed by atoms with E-state index in [1.165, 1.54) is 6.07 Å². The van der Waals surface area contributed by atoms with E-state index in [0.717, 1.165) is 18.9 Å². The van der Waals surface area contributed by atoms with Crippen LogP contribution in [0, 0.1) is 15.2 Å². The molecule has 1 rings (SSSR count). The zero-order valence-corrected chi connectivity index (χ0v) is 11.0. The largest absolute Gasteiger partial charge is 0.323 e. The lowest BCUT2D eigenvalue weighted by atomic mass is 10.2. The number of halogens is 3. The van der Waals surface area contributed by atoms with Crippen LogP contribution in [0.4, 0.5) is 14.5 Å². The van der Waals surface area contributed by atoms with Crippen molar-refractivity contribution in [3.63, 3.8) is 0 Å². The van der Waals surface area contributed by atoms with E-state index in [4.69, 9.17) is 0 Å². The first kappa shape index (κ1) is 13.3. The predicted octanol–water partition coefficient (Wildman–Crippen LogP) is 3.70. The highest BCUT2D eigenvalue weighted by Crippen LogP contribution is 2.23. The van der Waals surface area contributed by atoms with E-state index in [2.05, 4.69) is 5.32 Å². The molecule has 0 aromatic heterocycles. The molecule has 2 nitrogen and oxygen atoms in total. The molecule has 0 radical (unpaired) electrons. The summed E-state index contributed by atoms with van der Waals surface area (Å²) in [6, 6.07) is 1.94. The van der Waals surface area contributed by atoms with E-state index >= 15 is 0 Å². The maximum Gasteiger partial charge on any atom is 0.224 e. The van der Waals surface area contributed by atoms with E-state index in [9.17, 15) is 13.6 Å². The summed E-state index contributed by atoms with van der Waals surface area (Å²) in [5, 5.41) is 2.45. The minimum Gasteiger partial charge on any atom is -0.323 e. The van der Waals surface area contributed by atoms with Crippen molar-refractivity contribution in [2.24, 2.45) is 0 Å². The molecule has 0 atom stereocenters. The molecule has 0 heterocycles. The minimum absolute atomic E-state index is 0.0584. The summed E-state index contributed by atoms with van der Waals surface area (Å²) in [5.41, 5.74) is 0.0584. The monoisotopic (exact) mass is 339 g/mol. The van der Waals surface area contributed by atoms with Crippen LogP contribution in [0.15, 0.2) is 12.1 Å². The summed E-state index contributed by atoms with van der Waals surface area (Å²) in [6.45, 7) is 1.97. The molecule has 88 valence electrons. The molecule has 0 aliphatic carbocycles. The van der Waals surface area contributed by atoms with Crippen LogP contribution in [0.25, 0.3) is 0 Å². The van der Waals surface area contributed by atoms with E-state index in [-0.39, 0.29) is 11.6 Å². The number of carbonyl (C=O) groups is 1. The number of carbonyl (C=O) groups excluding carboxylic acids is 1. The third-order valence-electron chi connectivity index (χ3n) is 2.03. The van der Waals surface area contributed by atoms with Crippen LogP contribution >= 0.6 is 22.6 Å². The lowest BCUT2D eigenvalue weighted by molar-refractivity contribution is -0.116. The lowest BCUT2D eigenvalue weighted by Crippen LogP contribution is -2.13. The number of hydrogen-bond acceptors (Lipinski definition) is 1. The van der Waals surface area contributed by atoms with Crippen molar-refractivity contribution in [2.75, 3.05) is 5.32 Å². The number of anilines is 1. The molecule has 0 spiro atoms. The first-order valence-corrected chi connectivity index (χ1v) is 6.07. The van der Waals surface area contributed by atoms with Gasteiger partial charge in [0.2, 0.25) is 5.91 Å². The Balaban J connectivity index is 2.77. The van der Waals surface area contributed by atoms with Crippen LogP contribution in [-0.4, -0.2) is 5.91 Å². The Morgan fingerprint density at radius 1 is 1.44 bits per heavy atom. The van der Waals surface area contributed by atoms with Gasteiger partial charge in [-0.05, 0) is 35.1 Å². The molecule has 0 bridgehead atoms. The van der Waals surface area contributed by atoms with E-state index in [1.807, 2.05) is 6.92 Å². The van der Waals surface area contributed by atoms with E-state index in [0.29, 0.717) is 9.99 Å². The first-order valence-electron chi connectivity index (χ1n) is 4.99. The van der Waals surface area contributed by atoms with Crippen LogP contribution in [0.1, 0.15) is 26.2 Å². The van der Waals surface area contributed by atoms with Crippen molar-refractivity contribution in [3.8, 4) is 0 Å². The van der Waals surface area contributed by atoms with E-state index < -0.39 is 11.6 Å². The molecule has 0 saturated heterocycles. The fourth-order valence-corrected chi connectivity index (χ4v) is 1.89. The van der Waals surface area contributed by atoms with Gasteiger partial charge in [0.15, 0.2) is 5.82 Å². The van der Waals surface area contributed by atoms with Gasteiger partial charge in [-0.25, -0.2) is 8.78 Å². The molecule has 1 aromatic carbocycles. The average molecular weight is 339 g/mol. The summed E-state index contributed by atoms with van der Waals surface area (Å²) >= 11 is 1.79. The summed E-state index contributed by atoms with van der Waals surface area (Å²) in [5.74, 6) is -1.63. The quantitative estimate of drug-likeness (QED) is 0.833. The second-order valence-electron chi connectivity index (χ2n) is 3.40. The zero-order chi connectivity index (χ0) is 12.1. The molecular weight excluding hydrogens is 327 g/mol. The molecule has 0 aliphatic rings. The van der Waals surface area contributed by atoms with Crippen LogP contribution in [0.3, 0.4) is 0 Å². The topological polar surface area (TPSA) is 29.1 Å². The van der Waals surface area contributed by atoms with Gasteiger partial charge in [-0.15, -0.1) is 0 Å². The molecule has 0 saturated carbocycles. The summed E-state index contributed by atoms with van der Waals surface area (Å²) in [7, 11) is 0. The molecule has 1 N–H and O–H groups in total.